The molecule has 0 unspecified atom stereocenters. The molecule has 0 bridgehead atoms. The summed E-state index contributed by atoms with van der Waals surface area (Å²) in [6.45, 7) is 5.13. The van der Waals surface area contributed by atoms with E-state index in [2.05, 4.69) is 10.2 Å². The number of carbonyl (C=O) groups is 2. The third-order valence-corrected chi connectivity index (χ3v) is 1.52. The van der Waals surface area contributed by atoms with Crippen LogP contribution in [0.5, 0.6) is 0 Å². The molecule has 0 aromatic heterocycles. The van der Waals surface area contributed by atoms with E-state index >= 15 is 0 Å². The monoisotopic (exact) mass is 228 g/mol. The molecule has 0 aliphatic rings. The summed E-state index contributed by atoms with van der Waals surface area (Å²) < 4.78 is 4.93. The van der Waals surface area contributed by atoms with E-state index in [1.165, 1.54) is 14.2 Å². The van der Waals surface area contributed by atoms with Crippen molar-refractivity contribution >= 4 is 19.8 Å². The van der Waals surface area contributed by atoms with Crippen LogP contribution in [0.4, 0.5) is 4.79 Å². The molecule has 2 amide bonds. The molecule has 0 heterocycles. The van der Waals surface area contributed by atoms with E-state index in [1.54, 1.807) is 20.8 Å². The number of amides is 2. The number of alkyl carbamates (subject to hydrolysis) is 1. The van der Waals surface area contributed by atoms with Gasteiger partial charge in [-0.3, -0.25) is 9.63 Å². The Kier molecular flexibility index (Phi) is 5.30. The topological polar surface area (TPSA) is 67.9 Å². The molecule has 0 rings (SSSR count). The van der Waals surface area contributed by atoms with Crippen LogP contribution >= 0.6 is 0 Å². The van der Waals surface area contributed by atoms with Crippen LogP contribution < -0.4 is 5.32 Å². The van der Waals surface area contributed by atoms with Crippen LogP contribution in [0.25, 0.3) is 0 Å². The van der Waals surface area contributed by atoms with Crippen molar-refractivity contribution in [3.63, 3.8) is 0 Å². The highest BCUT2D eigenvalue weighted by Gasteiger charge is 2.22. The molecular formula is C9H17BN2O4. The van der Waals surface area contributed by atoms with Crippen LogP contribution in [-0.2, 0) is 14.4 Å². The van der Waals surface area contributed by atoms with Crippen LogP contribution in [0, 0.1) is 0 Å². The second kappa shape index (κ2) is 5.74. The molecule has 1 N–H and O–H groups in total. The Balaban J connectivity index is 4.20. The maximum atomic E-state index is 11.4. The summed E-state index contributed by atoms with van der Waals surface area (Å²) in [6.07, 6.45) is -0.752. The first kappa shape index (κ1) is 14.8. The van der Waals surface area contributed by atoms with Gasteiger partial charge in [0.15, 0.2) is 0 Å². The lowest BCUT2D eigenvalue weighted by molar-refractivity contribution is -0.168. The van der Waals surface area contributed by atoms with E-state index in [-0.39, 0.29) is 0 Å². The van der Waals surface area contributed by atoms with Crippen LogP contribution in [0.3, 0.4) is 0 Å². The smallest absolute Gasteiger partial charge is 0.407 e. The number of hydrogen-bond acceptors (Lipinski definition) is 4. The number of ether oxygens (including phenoxy) is 1. The lowest BCUT2D eigenvalue weighted by Crippen LogP contribution is -2.48. The zero-order valence-corrected chi connectivity index (χ0v) is 10.2. The molecule has 90 valence electrons. The van der Waals surface area contributed by atoms with Crippen molar-refractivity contribution in [3.05, 3.63) is 0 Å². The van der Waals surface area contributed by atoms with Gasteiger partial charge >= 0.3 is 6.09 Å². The van der Waals surface area contributed by atoms with Gasteiger partial charge in [0, 0.05) is 7.05 Å². The van der Waals surface area contributed by atoms with Crippen molar-refractivity contribution in [2.45, 2.75) is 32.3 Å². The highest BCUT2D eigenvalue weighted by atomic mass is 16.7. The Bertz CT molecular complexity index is 265. The highest BCUT2D eigenvalue weighted by molar-refractivity contribution is 6.24. The molecule has 6 nitrogen and oxygen atoms in total. The first-order valence-electron chi connectivity index (χ1n) is 4.74. The number of hydroxylamine groups is 2. The lowest BCUT2D eigenvalue weighted by atomic mass is 9.96. The van der Waals surface area contributed by atoms with Crippen LogP contribution in [0.1, 0.15) is 20.8 Å². The largest absolute Gasteiger partial charge is 0.444 e. The van der Waals surface area contributed by atoms with E-state index in [1.807, 2.05) is 0 Å². The van der Waals surface area contributed by atoms with Gasteiger partial charge in [-0.1, -0.05) is 0 Å². The van der Waals surface area contributed by atoms with Gasteiger partial charge in [0.2, 0.25) is 0 Å². The van der Waals surface area contributed by atoms with E-state index in [0.717, 1.165) is 5.06 Å². The van der Waals surface area contributed by atoms with E-state index in [0.29, 0.717) is 0 Å². The average molecular weight is 228 g/mol. The standard InChI is InChI=1S/C9H17BN2O4/c1-9(2,3)16-8(14)11-6(10)7(13)12(4)15-5/h6H,1-5H3,(H,11,14)/t6-/m0/s1. The van der Waals surface area contributed by atoms with Crippen molar-refractivity contribution in [1.29, 1.82) is 0 Å². The summed E-state index contributed by atoms with van der Waals surface area (Å²) in [7, 11) is 8.14. The van der Waals surface area contributed by atoms with Gasteiger partial charge < -0.3 is 10.1 Å². The normalized spacial score (nSPS) is 12.8. The van der Waals surface area contributed by atoms with Gasteiger partial charge in [0.1, 0.15) is 13.4 Å². The molecule has 1 atom stereocenters. The Labute approximate surface area is 96.6 Å². The minimum atomic E-state index is -1.19. The van der Waals surface area contributed by atoms with Crippen molar-refractivity contribution in [2.75, 3.05) is 14.2 Å². The maximum absolute atomic E-state index is 11.4. The van der Waals surface area contributed by atoms with Gasteiger partial charge in [-0.05, 0) is 20.8 Å². The number of carbonyl (C=O) groups excluding carboxylic acids is 2. The highest BCUT2D eigenvalue weighted by Crippen LogP contribution is 2.06. The molecule has 0 aliphatic heterocycles. The van der Waals surface area contributed by atoms with Crippen LogP contribution in [-0.4, -0.2) is 50.6 Å². The Morgan fingerprint density at radius 3 is 2.25 bits per heavy atom. The molecular weight excluding hydrogens is 211 g/mol. The molecule has 0 aromatic rings. The minimum absolute atomic E-state index is 0.576. The molecule has 0 aromatic carbocycles. The Hall–Kier alpha value is -1.24. The molecule has 2 radical (unpaired) electrons. The van der Waals surface area contributed by atoms with Crippen molar-refractivity contribution in [3.8, 4) is 0 Å². The van der Waals surface area contributed by atoms with Crippen molar-refractivity contribution < 1.29 is 19.2 Å². The number of hydrogen-bond donors (Lipinski definition) is 1. The number of nitrogens with zero attached hydrogens (tertiary/aromatic N) is 1. The van der Waals surface area contributed by atoms with E-state index in [4.69, 9.17) is 12.6 Å². The fourth-order valence-corrected chi connectivity index (χ4v) is 0.782. The zero-order valence-electron chi connectivity index (χ0n) is 10.2. The molecule has 0 saturated carbocycles. The fourth-order valence-electron chi connectivity index (χ4n) is 0.782. The number of nitrogens with one attached hydrogen (secondary N) is 1. The second-order valence-corrected chi connectivity index (χ2v) is 4.14. The fraction of sp³-hybridized carbons (Fsp3) is 0.778. The van der Waals surface area contributed by atoms with Crippen LogP contribution in [0.2, 0.25) is 0 Å². The van der Waals surface area contributed by atoms with Crippen molar-refractivity contribution in [2.24, 2.45) is 0 Å². The van der Waals surface area contributed by atoms with E-state index < -0.39 is 23.5 Å². The first-order chi connectivity index (χ1) is 7.17. The summed E-state index contributed by atoms with van der Waals surface area (Å²) >= 11 is 0. The van der Waals surface area contributed by atoms with Crippen molar-refractivity contribution in [1.82, 2.24) is 10.4 Å². The van der Waals surface area contributed by atoms with Gasteiger partial charge in [0.25, 0.3) is 5.91 Å². The van der Waals surface area contributed by atoms with Gasteiger partial charge in [-0.15, -0.1) is 0 Å². The molecule has 0 spiro atoms. The SMILES string of the molecule is [B][C@@H](NC(=O)OC(C)(C)C)C(=O)N(C)OC. The maximum Gasteiger partial charge on any atom is 0.407 e. The van der Waals surface area contributed by atoms with Gasteiger partial charge in [0.05, 0.1) is 13.1 Å². The molecule has 7 heteroatoms. The van der Waals surface area contributed by atoms with E-state index in [9.17, 15) is 9.59 Å². The quantitative estimate of drug-likeness (QED) is 0.546. The third-order valence-electron chi connectivity index (χ3n) is 1.52. The summed E-state index contributed by atoms with van der Waals surface area (Å²) in [5.41, 5.74) is -0.639. The summed E-state index contributed by atoms with van der Waals surface area (Å²) in [6, 6.07) is 0. The second-order valence-electron chi connectivity index (χ2n) is 4.14. The molecule has 0 saturated heterocycles. The number of likely N-dealkylation sites (N-methyl/N-ethyl adjacent to an activating group) is 1. The summed E-state index contributed by atoms with van der Waals surface area (Å²) in [5, 5.41) is 3.12. The predicted molar refractivity (Wildman–Crippen MR) is 58.7 cm³/mol. The molecule has 16 heavy (non-hydrogen) atoms. The number of rotatable bonds is 3. The Morgan fingerprint density at radius 1 is 1.38 bits per heavy atom. The average Bonchev–Trinajstić information content (AvgIpc) is 2.12. The summed E-state index contributed by atoms with van der Waals surface area (Å²) in [4.78, 5) is 27.3. The molecule has 0 fully saturated rings. The summed E-state index contributed by atoms with van der Waals surface area (Å²) in [5.74, 6) is -1.77. The predicted octanol–water partition coefficient (Wildman–Crippen LogP) is 0.0255. The third kappa shape index (κ3) is 5.60. The van der Waals surface area contributed by atoms with Crippen LogP contribution in [0.15, 0.2) is 0 Å². The Morgan fingerprint density at radius 2 is 1.88 bits per heavy atom. The van der Waals surface area contributed by atoms with Gasteiger partial charge in [-0.25, -0.2) is 9.86 Å². The minimum Gasteiger partial charge on any atom is -0.444 e. The zero-order chi connectivity index (χ0) is 12.9. The molecule has 0 aliphatic carbocycles. The first-order valence-corrected chi connectivity index (χ1v) is 4.74. The lowest BCUT2D eigenvalue weighted by Gasteiger charge is -2.23. The van der Waals surface area contributed by atoms with Gasteiger partial charge in [-0.2, -0.15) is 0 Å².